The molecule has 0 saturated heterocycles. The van der Waals surface area contributed by atoms with Gasteiger partial charge in [-0.1, -0.05) is 36.3 Å². The molecular formula is C22H44N2PbS4. The summed E-state index contributed by atoms with van der Waals surface area (Å²) in [6, 6.07) is 0. The summed E-state index contributed by atoms with van der Waals surface area (Å²) < 4.78 is 1.17. The van der Waals surface area contributed by atoms with Crippen molar-refractivity contribution in [2.24, 2.45) is 0 Å². The van der Waals surface area contributed by atoms with Crippen LogP contribution in [0.25, 0.3) is 0 Å². The largest absolute Gasteiger partial charge is 2.00 e. The van der Waals surface area contributed by atoms with Gasteiger partial charge in [-0.25, -0.2) is 0 Å². The van der Waals surface area contributed by atoms with Crippen molar-refractivity contribution in [3.63, 3.8) is 0 Å². The van der Waals surface area contributed by atoms with Crippen molar-refractivity contribution >= 4 is 85.6 Å². The van der Waals surface area contributed by atoms with Crippen LogP contribution in [0.15, 0.2) is 0 Å². The molecule has 0 heterocycles. The molecule has 0 aromatic heterocycles. The topological polar surface area (TPSA) is 6.48 Å². The van der Waals surface area contributed by atoms with E-state index >= 15 is 0 Å². The van der Waals surface area contributed by atoms with Crippen LogP contribution in [0.3, 0.4) is 0 Å². The van der Waals surface area contributed by atoms with E-state index in [2.05, 4.69) is 92.9 Å². The standard InChI is InChI=1S/2C11H23NS2.Pb/c2*1-7-10(3,4)12(9(13)14)11(5,6)8-2;/h2*7-8H2,1-6H3,(H,13,14);/q;;+2/p-2. The van der Waals surface area contributed by atoms with Crippen molar-refractivity contribution in [3.05, 3.63) is 0 Å². The Morgan fingerprint density at radius 3 is 0.759 bits per heavy atom. The summed E-state index contributed by atoms with van der Waals surface area (Å²) in [7, 11) is 0. The molecule has 0 saturated carbocycles. The van der Waals surface area contributed by atoms with Gasteiger partial charge >= 0.3 is 27.3 Å². The average molecular weight is 672 g/mol. The monoisotopic (exact) mass is 672 g/mol. The molecule has 0 atom stereocenters. The van der Waals surface area contributed by atoms with Gasteiger partial charge in [0.2, 0.25) is 0 Å². The van der Waals surface area contributed by atoms with E-state index in [1.54, 1.807) is 0 Å². The molecule has 0 aliphatic carbocycles. The second-order valence-corrected chi connectivity index (χ2v) is 11.9. The molecule has 0 unspecified atom stereocenters. The van der Waals surface area contributed by atoms with Crippen LogP contribution in [0.1, 0.15) is 109 Å². The van der Waals surface area contributed by atoms with Gasteiger partial charge in [0, 0.05) is 22.2 Å². The molecule has 170 valence electrons. The van der Waals surface area contributed by atoms with Crippen molar-refractivity contribution in [1.29, 1.82) is 0 Å². The molecule has 7 heteroatoms. The summed E-state index contributed by atoms with van der Waals surface area (Å²) >= 11 is 20.7. The van der Waals surface area contributed by atoms with Crippen LogP contribution in [0, 0.1) is 0 Å². The molecule has 0 aliphatic heterocycles. The van der Waals surface area contributed by atoms with Gasteiger partial charge in [-0.2, -0.15) is 0 Å². The van der Waals surface area contributed by atoms with Crippen LogP contribution in [0.2, 0.25) is 0 Å². The number of hydrogen-bond donors (Lipinski definition) is 0. The van der Waals surface area contributed by atoms with Gasteiger partial charge in [-0.15, -0.1) is 0 Å². The van der Waals surface area contributed by atoms with Gasteiger partial charge in [-0.05, 0) is 81.1 Å². The molecule has 0 rings (SSSR count). The van der Waals surface area contributed by atoms with E-state index in [1.807, 2.05) is 0 Å². The molecule has 0 aromatic carbocycles. The SMILES string of the molecule is CCC(C)(C)N(C(=S)[S-])C(C)(C)CC.CCC(C)(C)N(C(=S)[S-])C(C)(C)CC.[Pb+2]. The molecule has 2 radical (unpaired) electrons. The second-order valence-electron chi connectivity index (χ2n) is 9.87. The Labute approximate surface area is 224 Å². The predicted octanol–water partition coefficient (Wildman–Crippen LogP) is 6.61. The van der Waals surface area contributed by atoms with E-state index in [-0.39, 0.29) is 49.5 Å². The minimum atomic E-state index is 0. The van der Waals surface area contributed by atoms with E-state index in [9.17, 15) is 0 Å². The maximum absolute atomic E-state index is 5.19. The number of thiocarbonyl (C=S) groups is 2. The van der Waals surface area contributed by atoms with Crippen LogP contribution in [-0.2, 0) is 25.3 Å². The third kappa shape index (κ3) is 10.5. The van der Waals surface area contributed by atoms with Crippen LogP contribution < -0.4 is 0 Å². The third-order valence-electron chi connectivity index (χ3n) is 6.25. The molecule has 0 spiro atoms. The van der Waals surface area contributed by atoms with Crippen LogP contribution in [0.5, 0.6) is 0 Å². The van der Waals surface area contributed by atoms with Gasteiger partial charge in [-0.3, -0.25) is 0 Å². The number of hydrogen-bond acceptors (Lipinski definition) is 4. The minimum absolute atomic E-state index is 0. The van der Waals surface area contributed by atoms with Gasteiger partial charge < -0.3 is 59.5 Å². The number of rotatable bonds is 8. The van der Waals surface area contributed by atoms with E-state index in [0.29, 0.717) is 8.64 Å². The molecule has 0 aromatic rings. The molecule has 0 amide bonds. The van der Waals surface area contributed by atoms with Crippen LogP contribution >= 0.6 is 24.4 Å². The predicted molar refractivity (Wildman–Crippen MR) is 147 cm³/mol. The summed E-state index contributed by atoms with van der Waals surface area (Å²) in [5.74, 6) is 0. The van der Waals surface area contributed by atoms with Gasteiger partial charge in [0.15, 0.2) is 0 Å². The van der Waals surface area contributed by atoms with Crippen molar-refractivity contribution < 1.29 is 0 Å². The second kappa shape index (κ2) is 13.6. The number of nitrogens with zero attached hydrogens (tertiary/aromatic N) is 2. The summed E-state index contributed by atoms with van der Waals surface area (Å²) in [5.41, 5.74) is 0.216. The smallest absolute Gasteiger partial charge is 0.411 e. The minimum Gasteiger partial charge on any atom is -0.411 e. The summed E-state index contributed by atoms with van der Waals surface area (Å²) in [6.07, 6.45) is 4.20. The van der Waals surface area contributed by atoms with E-state index in [0.717, 1.165) is 25.7 Å². The fraction of sp³-hybridized carbons (Fsp3) is 0.909. The maximum atomic E-state index is 5.19. The zero-order chi connectivity index (χ0) is 23.1. The van der Waals surface area contributed by atoms with Crippen LogP contribution in [-0.4, -0.2) is 67.9 Å². The van der Waals surface area contributed by atoms with Crippen molar-refractivity contribution in [3.8, 4) is 0 Å². The fourth-order valence-electron chi connectivity index (χ4n) is 3.26. The third-order valence-corrected chi connectivity index (χ3v) is 6.98. The molecule has 0 fully saturated rings. The first kappa shape index (κ1) is 34.7. The molecule has 29 heavy (non-hydrogen) atoms. The first-order valence-electron chi connectivity index (χ1n) is 10.4. The van der Waals surface area contributed by atoms with Crippen molar-refractivity contribution in [1.82, 2.24) is 9.80 Å². The Morgan fingerprint density at radius 1 is 0.552 bits per heavy atom. The van der Waals surface area contributed by atoms with E-state index in [1.165, 1.54) is 0 Å². The molecular weight excluding hydrogens is 628 g/mol. The summed E-state index contributed by atoms with van der Waals surface area (Å²) in [6.45, 7) is 26.3. The molecule has 0 bridgehead atoms. The van der Waals surface area contributed by atoms with Crippen molar-refractivity contribution in [2.45, 2.75) is 131 Å². The Kier molecular flexibility index (Phi) is 16.3. The summed E-state index contributed by atoms with van der Waals surface area (Å²) in [4.78, 5) is 4.40. The Morgan fingerprint density at radius 2 is 0.690 bits per heavy atom. The van der Waals surface area contributed by atoms with Crippen LogP contribution in [0.4, 0.5) is 0 Å². The normalized spacial score (nSPS) is 12.3. The Balaban J connectivity index is -0.000000451. The molecule has 0 N–H and O–H groups in total. The van der Waals surface area contributed by atoms with Gasteiger partial charge in [0.25, 0.3) is 0 Å². The average Bonchev–Trinajstić information content (AvgIpc) is 2.53. The van der Waals surface area contributed by atoms with E-state index < -0.39 is 0 Å². The first-order valence-corrected chi connectivity index (χ1v) is 12.0. The fourth-order valence-corrected chi connectivity index (χ4v) is 5.24. The zero-order valence-electron chi connectivity index (χ0n) is 20.9. The summed E-state index contributed by atoms with van der Waals surface area (Å²) in [5, 5.41) is 0. The first-order chi connectivity index (χ1) is 12.4. The Hall–Kier alpha value is 1.14. The zero-order valence-corrected chi connectivity index (χ0v) is 28.0. The van der Waals surface area contributed by atoms with Crippen molar-refractivity contribution in [2.75, 3.05) is 0 Å². The molecule has 0 aliphatic rings. The molecule has 2 nitrogen and oxygen atoms in total. The van der Waals surface area contributed by atoms with E-state index in [4.69, 9.17) is 49.7 Å². The quantitative estimate of drug-likeness (QED) is 0.162. The van der Waals surface area contributed by atoms with Gasteiger partial charge in [0.1, 0.15) is 0 Å². The van der Waals surface area contributed by atoms with Gasteiger partial charge in [0.05, 0.1) is 0 Å². The maximum Gasteiger partial charge on any atom is 2.00 e. The Bertz CT molecular complexity index is 439.